The summed E-state index contributed by atoms with van der Waals surface area (Å²) in [4.78, 5) is 2.32. The minimum atomic E-state index is -0.524. The minimum absolute atomic E-state index is 0.524. The number of hydrogen-bond donors (Lipinski definition) is 0. The van der Waals surface area contributed by atoms with Crippen molar-refractivity contribution >= 4 is 38.8 Å². The van der Waals surface area contributed by atoms with Gasteiger partial charge in [0, 0.05) is 33.5 Å². The fourth-order valence-corrected chi connectivity index (χ4v) is 10.3. The molecule has 2 nitrogen and oxygen atoms in total. The lowest BCUT2D eigenvalue weighted by Crippen LogP contribution is -2.28. The number of allylic oxidation sites excluding steroid dienone is 4. The molecule has 0 N–H and O–H groups in total. The van der Waals surface area contributed by atoms with Gasteiger partial charge in [0.2, 0.25) is 0 Å². The first-order valence-corrected chi connectivity index (χ1v) is 22.6. The van der Waals surface area contributed by atoms with E-state index in [1.807, 2.05) is 0 Å². The molecule has 0 fully saturated rings. The summed E-state index contributed by atoms with van der Waals surface area (Å²) in [6.07, 6.45) is 7.65. The molecule has 0 saturated carbocycles. The van der Waals surface area contributed by atoms with E-state index in [0.29, 0.717) is 0 Å². The molecule has 1 aliphatic carbocycles. The molecule has 310 valence electrons. The van der Waals surface area contributed by atoms with Crippen molar-refractivity contribution in [2.24, 2.45) is 0 Å². The minimum Gasteiger partial charge on any atom is -0.311 e. The van der Waals surface area contributed by atoms with Gasteiger partial charge in [0.15, 0.2) is 0 Å². The maximum atomic E-state index is 4.84. The Morgan fingerprint density at radius 2 is 1.06 bits per heavy atom. The monoisotopic (exact) mass is 832 g/mol. The number of nitrogens with zero attached hydrogens (tertiary/aromatic N) is 2. The summed E-state index contributed by atoms with van der Waals surface area (Å²) >= 11 is 0. The third-order valence-corrected chi connectivity index (χ3v) is 13.1. The van der Waals surface area contributed by atoms with Crippen molar-refractivity contribution in [2.45, 2.75) is 18.8 Å². The van der Waals surface area contributed by atoms with E-state index >= 15 is 0 Å². The van der Waals surface area contributed by atoms with E-state index in [0.717, 1.165) is 34.8 Å². The third-order valence-electron chi connectivity index (χ3n) is 13.1. The number of para-hydroxylation sites is 2. The van der Waals surface area contributed by atoms with Crippen LogP contribution in [0.3, 0.4) is 0 Å². The van der Waals surface area contributed by atoms with Gasteiger partial charge in [0.25, 0.3) is 0 Å². The molecule has 10 aromatic rings. The van der Waals surface area contributed by atoms with Crippen molar-refractivity contribution in [3.05, 3.63) is 289 Å². The zero-order valence-corrected chi connectivity index (χ0v) is 36.5. The van der Waals surface area contributed by atoms with Gasteiger partial charge in [0.05, 0.1) is 16.4 Å². The molecule has 65 heavy (non-hydrogen) atoms. The molecular weight excluding hydrogens is 785 g/mol. The highest BCUT2D eigenvalue weighted by Crippen LogP contribution is 2.57. The molecule has 0 atom stereocenters. The molecule has 1 aromatic heterocycles. The predicted octanol–water partition coefficient (Wildman–Crippen LogP) is 16.5. The lowest BCUT2D eigenvalue weighted by atomic mass is 9.67. The van der Waals surface area contributed by atoms with Crippen molar-refractivity contribution in [3.63, 3.8) is 0 Å². The van der Waals surface area contributed by atoms with Crippen LogP contribution in [-0.2, 0) is 5.41 Å². The van der Waals surface area contributed by atoms with E-state index in [1.165, 1.54) is 71.9 Å². The third kappa shape index (κ3) is 6.83. The molecule has 0 spiro atoms. The lowest BCUT2D eigenvalue weighted by molar-refractivity contribution is 0.768. The highest BCUT2D eigenvalue weighted by molar-refractivity contribution is 6.10. The van der Waals surface area contributed by atoms with E-state index in [-0.39, 0.29) is 0 Å². The van der Waals surface area contributed by atoms with Gasteiger partial charge in [-0.25, -0.2) is 0 Å². The second kappa shape index (κ2) is 16.8. The van der Waals surface area contributed by atoms with Crippen LogP contribution in [0.2, 0.25) is 0 Å². The van der Waals surface area contributed by atoms with Gasteiger partial charge in [-0.05, 0) is 123 Å². The average molecular weight is 833 g/mol. The quantitative estimate of drug-likeness (QED) is 0.118. The molecule has 0 radical (unpaired) electrons. The first-order chi connectivity index (χ1) is 32.1. The Morgan fingerprint density at radius 3 is 1.77 bits per heavy atom. The largest absolute Gasteiger partial charge is 0.311 e. The van der Waals surface area contributed by atoms with Crippen molar-refractivity contribution in [1.29, 1.82) is 0 Å². The fraction of sp³-hybridized carbons (Fsp3) is 0.0476. The van der Waals surface area contributed by atoms with Crippen LogP contribution in [0.5, 0.6) is 0 Å². The summed E-state index contributed by atoms with van der Waals surface area (Å²) in [5.41, 5.74) is 18.2. The molecule has 0 amide bonds. The molecule has 11 rings (SSSR count). The van der Waals surface area contributed by atoms with E-state index in [4.69, 9.17) is 6.58 Å². The summed E-state index contributed by atoms with van der Waals surface area (Å²) in [5, 5.41) is 2.47. The number of anilines is 2. The zero-order valence-electron chi connectivity index (χ0n) is 36.5. The molecule has 0 unspecified atom stereocenters. The van der Waals surface area contributed by atoms with Crippen molar-refractivity contribution in [2.75, 3.05) is 4.90 Å². The SMILES string of the molecule is C=C(/C=C\C(=C/CC)c1ccc2c(c1)c1ccccc1n2-c1ccccc1)N(c1ccc(-c2ccccc2)cc1)c1ccc2c(c1)C(c1ccccc1)(c1ccccc1)c1ccccc1-2. The van der Waals surface area contributed by atoms with Crippen molar-refractivity contribution < 1.29 is 0 Å². The second-order valence-corrected chi connectivity index (χ2v) is 16.8. The smallest absolute Gasteiger partial charge is 0.0714 e. The number of aromatic nitrogens is 1. The van der Waals surface area contributed by atoms with Crippen LogP contribution < -0.4 is 4.90 Å². The van der Waals surface area contributed by atoms with E-state index in [2.05, 4.69) is 265 Å². The van der Waals surface area contributed by atoms with Crippen molar-refractivity contribution in [3.8, 4) is 27.9 Å². The number of fused-ring (bicyclic) bond motifs is 6. The second-order valence-electron chi connectivity index (χ2n) is 16.8. The normalized spacial score (nSPS) is 13.0. The fourth-order valence-electron chi connectivity index (χ4n) is 10.3. The molecule has 0 aliphatic heterocycles. The van der Waals surface area contributed by atoms with Gasteiger partial charge in [-0.1, -0.05) is 202 Å². The Morgan fingerprint density at radius 1 is 0.492 bits per heavy atom. The maximum absolute atomic E-state index is 4.84. The highest BCUT2D eigenvalue weighted by Gasteiger charge is 2.46. The van der Waals surface area contributed by atoms with Crippen LogP contribution in [0, 0.1) is 0 Å². The van der Waals surface area contributed by atoms with Gasteiger partial charge in [-0.15, -0.1) is 0 Å². The molecular formula is C63H48N2. The van der Waals surface area contributed by atoms with Crippen LogP contribution in [0.4, 0.5) is 11.4 Å². The Bertz CT molecular complexity index is 3350. The van der Waals surface area contributed by atoms with E-state index in [1.54, 1.807) is 0 Å². The lowest BCUT2D eigenvalue weighted by Gasteiger charge is -2.35. The van der Waals surface area contributed by atoms with Crippen LogP contribution >= 0.6 is 0 Å². The highest BCUT2D eigenvalue weighted by atomic mass is 15.1. The van der Waals surface area contributed by atoms with Crippen LogP contribution in [0.25, 0.3) is 55.3 Å². The Kier molecular flexibility index (Phi) is 10.3. The Balaban J connectivity index is 1.05. The molecule has 1 aliphatic rings. The number of hydrogen-bond acceptors (Lipinski definition) is 1. The Labute approximate surface area is 382 Å². The van der Waals surface area contributed by atoms with Gasteiger partial charge < -0.3 is 9.47 Å². The first-order valence-electron chi connectivity index (χ1n) is 22.6. The van der Waals surface area contributed by atoms with E-state index in [9.17, 15) is 0 Å². The van der Waals surface area contributed by atoms with Crippen LogP contribution in [0.1, 0.15) is 41.2 Å². The number of benzene rings is 9. The number of rotatable bonds is 11. The molecule has 1 heterocycles. The average Bonchev–Trinajstić information content (AvgIpc) is 3.87. The standard InChI is InChI=1S/C63H48N2/c1-3-20-46(49-37-42-62-58(43-49)57-30-17-19-32-61(57)65(62)52-27-14-7-15-28-52)34-33-45(2)64(53-38-35-48(36-39-53)47-21-8-4-9-22-47)54-40-41-56-55-29-16-18-31-59(55)63(60(56)44-54,50-23-10-5-11-24-50)51-25-12-6-13-26-51/h4-44H,2-3H2,1H3/b34-33-,46-20+. The van der Waals surface area contributed by atoms with Crippen LogP contribution in [0.15, 0.2) is 261 Å². The van der Waals surface area contributed by atoms with Gasteiger partial charge in [-0.2, -0.15) is 0 Å². The van der Waals surface area contributed by atoms with Gasteiger partial charge in [-0.3, -0.25) is 0 Å². The van der Waals surface area contributed by atoms with E-state index < -0.39 is 5.41 Å². The summed E-state index contributed by atoms with van der Waals surface area (Å²) < 4.78 is 2.37. The predicted molar refractivity (Wildman–Crippen MR) is 275 cm³/mol. The molecule has 9 aromatic carbocycles. The zero-order chi connectivity index (χ0) is 43.7. The molecule has 0 bridgehead atoms. The topological polar surface area (TPSA) is 8.17 Å². The maximum Gasteiger partial charge on any atom is 0.0714 e. The summed E-state index contributed by atoms with van der Waals surface area (Å²) in [6.45, 7) is 7.04. The Hall–Kier alpha value is -8.20. The summed E-state index contributed by atoms with van der Waals surface area (Å²) in [7, 11) is 0. The summed E-state index contributed by atoms with van der Waals surface area (Å²) in [5.74, 6) is 0. The summed E-state index contributed by atoms with van der Waals surface area (Å²) in [6, 6.07) is 83.7. The molecule has 0 saturated heterocycles. The van der Waals surface area contributed by atoms with Gasteiger partial charge in [0.1, 0.15) is 0 Å². The van der Waals surface area contributed by atoms with Gasteiger partial charge >= 0.3 is 0 Å². The molecule has 2 heteroatoms. The van der Waals surface area contributed by atoms with Crippen LogP contribution in [-0.4, -0.2) is 4.57 Å². The van der Waals surface area contributed by atoms with Crippen molar-refractivity contribution in [1.82, 2.24) is 4.57 Å². The first kappa shape index (κ1) is 39.6.